The second-order valence-corrected chi connectivity index (χ2v) is 4.30. The first kappa shape index (κ1) is 13.4. The van der Waals surface area contributed by atoms with E-state index < -0.39 is 0 Å². The SMILES string of the molecule is CC(C)=CCC/C(C)=C/CC[C@@H](C)O. The summed E-state index contributed by atoms with van der Waals surface area (Å²) in [6, 6.07) is 0. The third-order valence-corrected chi connectivity index (χ3v) is 2.17. The Morgan fingerprint density at radius 2 is 1.79 bits per heavy atom. The van der Waals surface area contributed by atoms with Gasteiger partial charge in [-0.25, -0.2) is 0 Å². The number of hydrogen-bond acceptors (Lipinski definition) is 1. The van der Waals surface area contributed by atoms with Crippen molar-refractivity contribution in [1.82, 2.24) is 0 Å². The molecule has 0 aliphatic heterocycles. The van der Waals surface area contributed by atoms with E-state index in [9.17, 15) is 0 Å². The first-order chi connectivity index (χ1) is 6.52. The Bertz CT molecular complexity index is 195. The fraction of sp³-hybridized carbons (Fsp3) is 0.692. The van der Waals surface area contributed by atoms with E-state index in [-0.39, 0.29) is 6.10 Å². The van der Waals surface area contributed by atoms with E-state index in [0.29, 0.717) is 0 Å². The molecule has 0 spiro atoms. The molecular formula is C13H24O. The van der Waals surface area contributed by atoms with Crippen molar-refractivity contribution in [3.63, 3.8) is 0 Å². The third-order valence-electron chi connectivity index (χ3n) is 2.17. The predicted molar refractivity (Wildman–Crippen MR) is 63.3 cm³/mol. The smallest absolute Gasteiger partial charge is 0.0515 e. The molecule has 14 heavy (non-hydrogen) atoms. The van der Waals surface area contributed by atoms with Gasteiger partial charge in [0.2, 0.25) is 0 Å². The summed E-state index contributed by atoms with van der Waals surface area (Å²) in [5.74, 6) is 0. The Morgan fingerprint density at radius 1 is 1.14 bits per heavy atom. The van der Waals surface area contributed by atoms with E-state index >= 15 is 0 Å². The topological polar surface area (TPSA) is 20.2 Å². The number of allylic oxidation sites excluding steroid dienone is 4. The molecule has 1 heteroatoms. The largest absolute Gasteiger partial charge is 0.393 e. The van der Waals surface area contributed by atoms with Gasteiger partial charge in [-0.1, -0.05) is 23.3 Å². The minimum atomic E-state index is -0.170. The van der Waals surface area contributed by atoms with Gasteiger partial charge in [0.05, 0.1) is 6.10 Å². The highest BCUT2D eigenvalue weighted by Gasteiger charge is 1.93. The first-order valence-corrected chi connectivity index (χ1v) is 5.49. The van der Waals surface area contributed by atoms with Crippen molar-refractivity contribution in [3.05, 3.63) is 23.3 Å². The highest BCUT2D eigenvalue weighted by atomic mass is 16.3. The van der Waals surface area contributed by atoms with Crippen LogP contribution in [0.5, 0.6) is 0 Å². The lowest BCUT2D eigenvalue weighted by Crippen LogP contribution is -1.97. The normalized spacial score (nSPS) is 13.9. The van der Waals surface area contributed by atoms with Gasteiger partial charge in [0.25, 0.3) is 0 Å². The summed E-state index contributed by atoms with van der Waals surface area (Å²) < 4.78 is 0. The summed E-state index contributed by atoms with van der Waals surface area (Å²) in [6.45, 7) is 8.27. The van der Waals surface area contributed by atoms with E-state index in [0.717, 1.165) is 25.7 Å². The Hall–Kier alpha value is -0.560. The zero-order valence-electron chi connectivity index (χ0n) is 10.0. The highest BCUT2D eigenvalue weighted by Crippen LogP contribution is 2.09. The molecule has 0 bridgehead atoms. The van der Waals surface area contributed by atoms with Crippen LogP contribution in [0.4, 0.5) is 0 Å². The summed E-state index contributed by atoms with van der Waals surface area (Å²) in [5.41, 5.74) is 2.82. The van der Waals surface area contributed by atoms with Crippen LogP contribution < -0.4 is 0 Å². The van der Waals surface area contributed by atoms with Crippen LogP contribution in [0.2, 0.25) is 0 Å². The highest BCUT2D eigenvalue weighted by molar-refractivity contribution is 5.02. The van der Waals surface area contributed by atoms with E-state index in [1.807, 2.05) is 6.92 Å². The first-order valence-electron chi connectivity index (χ1n) is 5.49. The Kier molecular flexibility index (Phi) is 7.50. The maximum atomic E-state index is 9.08. The number of rotatable bonds is 6. The zero-order valence-corrected chi connectivity index (χ0v) is 10.0. The van der Waals surface area contributed by atoms with E-state index in [1.54, 1.807) is 0 Å². The van der Waals surface area contributed by atoms with Gasteiger partial charge in [-0.15, -0.1) is 0 Å². The minimum absolute atomic E-state index is 0.170. The summed E-state index contributed by atoms with van der Waals surface area (Å²) >= 11 is 0. The lowest BCUT2D eigenvalue weighted by Gasteiger charge is -2.02. The van der Waals surface area contributed by atoms with Gasteiger partial charge in [0.1, 0.15) is 0 Å². The van der Waals surface area contributed by atoms with Crippen LogP contribution in [0.1, 0.15) is 53.4 Å². The maximum Gasteiger partial charge on any atom is 0.0515 e. The van der Waals surface area contributed by atoms with E-state index in [1.165, 1.54) is 11.1 Å². The van der Waals surface area contributed by atoms with E-state index in [4.69, 9.17) is 5.11 Å². The van der Waals surface area contributed by atoms with Crippen molar-refractivity contribution < 1.29 is 5.11 Å². The maximum absolute atomic E-state index is 9.08. The zero-order chi connectivity index (χ0) is 11.0. The Labute approximate surface area is 88.5 Å². The van der Waals surface area contributed by atoms with Crippen molar-refractivity contribution in [2.45, 2.75) is 59.5 Å². The molecule has 0 rings (SSSR count). The molecule has 0 amide bonds. The molecule has 0 aliphatic rings. The average molecular weight is 196 g/mol. The molecule has 0 aliphatic carbocycles. The van der Waals surface area contributed by atoms with Gasteiger partial charge in [-0.05, 0) is 53.4 Å². The average Bonchev–Trinajstić information content (AvgIpc) is 2.02. The van der Waals surface area contributed by atoms with E-state index in [2.05, 4.69) is 32.9 Å². The molecule has 0 unspecified atom stereocenters. The van der Waals surface area contributed by atoms with Gasteiger partial charge in [0.15, 0.2) is 0 Å². The fourth-order valence-electron chi connectivity index (χ4n) is 1.26. The summed E-state index contributed by atoms with van der Waals surface area (Å²) in [4.78, 5) is 0. The predicted octanol–water partition coefficient (Wildman–Crippen LogP) is 3.84. The van der Waals surface area contributed by atoms with Crippen molar-refractivity contribution >= 4 is 0 Å². The van der Waals surface area contributed by atoms with Crippen LogP contribution in [0.15, 0.2) is 23.3 Å². The van der Waals surface area contributed by atoms with Gasteiger partial charge >= 0.3 is 0 Å². The molecule has 0 aromatic heterocycles. The van der Waals surface area contributed by atoms with Crippen LogP contribution in [-0.2, 0) is 0 Å². The quantitative estimate of drug-likeness (QED) is 0.640. The summed E-state index contributed by atoms with van der Waals surface area (Å²) in [6.07, 6.45) is 8.50. The molecule has 0 saturated heterocycles. The lowest BCUT2D eigenvalue weighted by molar-refractivity contribution is 0.186. The molecule has 1 nitrogen and oxygen atoms in total. The number of aliphatic hydroxyl groups is 1. The molecule has 0 heterocycles. The summed E-state index contributed by atoms with van der Waals surface area (Å²) in [7, 11) is 0. The van der Waals surface area contributed by atoms with Gasteiger partial charge in [-0.2, -0.15) is 0 Å². The Balaban J connectivity index is 3.62. The van der Waals surface area contributed by atoms with Gasteiger partial charge in [0, 0.05) is 0 Å². The van der Waals surface area contributed by atoms with Crippen LogP contribution >= 0.6 is 0 Å². The molecular weight excluding hydrogens is 172 g/mol. The molecule has 0 radical (unpaired) electrons. The molecule has 0 saturated carbocycles. The van der Waals surface area contributed by atoms with Crippen LogP contribution in [0.25, 0.3) is 0 Å². The van der Waals surface area contributed by atoms with Crippen molar-refractivity contribution in [2.75, 3.05) is 0 Å². The van der Waals surface area contributed by atoms with Gasteiger partial charge in [-0.3, -0.25) is 0 Å². The third kappa shape index (κ3) is 9.53. The van der Waals surface area contributed by atoms with Crippen molar-refractivity contribution in [1.29, 1.82) is 0 Å². The number of hydrogen-bond donors (Lipinski definition) is 1. The molecule has 82 valence electrons. The summed E-state index contributed by atoms with van der Waals surface area (Å²) in [5, 5.41) is 9.08. The van der Waals surface area contributed by atoms with Crippen LogP contribution in [-0.4, -0.2) is 11.2 Å². The second kappa shape index (κ2) is 7.81. The van der Waals surface area contributed by atoms with Crippen molar-refractivity contribution in [3.8, 4) is 0 Å². The molecule has 0 aromatic carbocycles. The lowest BCUT2D eigenvalue weighted by atomic mass is 10.1. The molecule has 0 fully saturated rings. The second-order valence-electron chi connectivity index (χ2n) is 4.30. The van der Waals surface area contributed by atoms with Gasteiger partial charge < -0.3 is 5.11 Å². The molecule has 1 atom stereocenters. The van der Waals surface area contributed by atoms with Crippen LogP contribution in [0.3, 0.4) is 0 Å². The Morgan fingerprint density at radius 3 is 2.29 bits per heavy atom. The molecule has 1 N–H and O–H groups in total. The van der Waals surface area contributed by atoms with Crippen LogP contribution in [0, 0.1) is 0 Å². The number of aliphatic hydroxyl groups excluding tert-OH is 1. The molecule has 0 aromatic rings. The minimum Gasteiger partial charge on any atom is -0.393 e. The monoisotopic (exact) mass is 196 g/mol. The van der Waals surface area contributed by atoms with Crippen molar-refractivity contribution in [2.24, 2.45) is 0 Å². The fourth-order valence-corrected chi connectivity index (χ4v) is 1.26. The standard InChI is InChI=1S/C13H24O/c1-11(2)7-5-8-12(3)9-6-10-13(4)14/h7,9,13-14H,5-6,8,10H2,1-4H3/b12-9+/t13-/m1/s1.